The van der Waals surface area contributed by atoms with E-state index in [-0.39, 0.29) is 18.4 Å². The fraction of sp³-hybridized carbons (Fsp3) is 0.280. The van der Waals surface area contributed by atoms with Crippen LogP contribution in [0, 0.1) is 5.41 Å². The molecule has 30 heavy (non-hydrogen) atoms. The van der Waals surface area contributed by atoms with Gasteiger partial charge in [-0.1, -0.05) is 57.2 Å². The molecule has 0 fully saturated rings. The summed E-state index contributed by atoms with van der Waals surface area (Å²) in [4.78, 5) is 27.0. The smallest absolute Gasteiger partial charge is 0.262 e. The molecule has 0 aromatic heterocycles. The molecule has 1 heterocycles. The van der Waals surface area contributed by atoms with Gasteiger partial charge in [-0.3, -0.25) is 9.59 Å². The van der Waals surface area contributed by atoms with Gasteiger partial charge in [-0.05, 0) is 47.0 Å². The number of benzene rings is 3. The number of carbonyl (C=O) groups excluding carboxylic acids is 2. The van der Waals surface area contributed by atoms with E-state index in [9.17, 15) is 9.59 Å². The molecule has 0 spiro atoms. The van der Waals surface area contributed by atoms with Gasteiger partial charge in [-0.25, -0.2) is 0 Å². The summed E-state index contributed by atoms with van der Waals surface area (Å²) in [5, 5.41) is 5.07. The summed E-state index contributed by atoms with van der Waals surface area (Å²) in [7, 11) is 0. The Balaban J connectivity index is 1.42. The molecule has 3 aromatic carbocycles. The summed E-state index contributed by atoms with van der Waals surface area (Å²) < 4.78 is 5.67. The Morgan fingerprint density at radius 2 is 1.77 bits per heavy atom. The van der Waals surface area contributed by atoms with E-state index in [0.717, 1.165) is 28.4 Å². The molecule has 5 heteroatoms. The minimum atomic E-state index is -0.450. The first-order valence-electron chi connectivity index (χ1n) is 10.2. The summed E-state index contributed by atoms with van der Waals surface area (Å²) in [6, 6.07) is 19.5. The van der Waals surface area contributed by atoms with Gasteiger partial charge in [-0.15, -0.1) is 0 Å². The van der Waals surface area contributed by atoms with Crippen LogP contribution >= 0.6 is 0 Å². The van der Waals surface area contributed by atoms with Crippen LogP contribution in [0.15, 0.2) is 60.7 Å². The highest BCUT2D eigenvalue weighted by Gasteiger charge is 2.32. The number of hydrogen-bond acceptors (Lipinski definition) is 3. The van der Waals surface area contributed by atoms with E-state index in [1.807, 2.05) is 86.3 Å². The summed E-state index contributed by atoms with van der Waals surface area (Å²) in [5.74, 6) is 0.499. The maximum Gasteiger partial charge on any atom is 0.262 e. The Hall–Kier alpha value is -3.34. The van der Waals surface area contributed by atoms with Crippen molar-refractivity contribution in [3.05, 3.63) is 66.2 Å². The van der Waals surface area contributed by atoms with Crippen LogP contribution in [-0.4, -0.2) is 25.0 Å². The van der Waals surface area contributed by atoms with Crippen LogP contribution < -0.4 is 15.0 Å². The molecule has 5 nitrogen and oxygen atoms in total. The van der Waals surface area contributed by atoms with Crippen molar-refractivity contribution in [3.8, 4) is 5.75 Å². The highest BCUT2D eigenvalue weighted by atomic mass is 16.5. The van der Waals surface area contributed by atoms with E-state index < -0.39 is 5.41 Å². The second-order valence-corrected chi connectivity index (χ2v) is 8.65. The summed E-state index contributed by atoms with van der Waals surface area (Å²) in [6.45, 7) is 6.35. The maximum atomic E-state index is 12.7. The van der Waals surface area contributed by atoms with Crippen molar-refractivity contribution in [2.75, 3.05) is 23.4 Å². The Labute approximate surface area is 176 Å². The minimum absolute atomic E-state index is 0.0833. The Kier molecular flexibility index (Phi) is 5.20. The van der Waals surface area contributed by atoms with Crippen molar-refractivity contribution in [1.82, 2.24) is 0 Å². The molecule has 1 N–H and O–H groups in total. The highest BCUT2D eigenvalue weighted by molar-refractivity contribution is 6.00. The van der Waals surface area contributed by atoms with Gasteiger partial charge in [0.25, 0.3) is 5.91 Å². The van der Waals surface area contributed by atoms with Gasteiger partial charge < -0.3 is 15.0 Å². The fourth-order valence-corrected chi connectivity index (χ4v) is 3.68. The second kappa shape index (κ2) is 7.82. The summed E-state index contributed by atoms with van der Waals surface area (Å²) in [6.07, 6.45) is 0.830. The molecule has 0 saturated carbocycles. The zero-order chi connectivity index (χ0) is 21.3. The number of amides is 2. The van der Waals surface area contributed by atoms with Crippen molar-refractivity contribution < 1.29 is 14.3 Å². The summed E-state index contributed by atoms with van der Waals surface area (Å²) >= 11 is 0. The molecular formula is C25H26N2O3. The molecule has 0 atom stereocenters. The lowest BCUT2D eigenvalue weighted by Crippen LogP contribution is -2.38. The molecule has 3 aromatic rings. The average Bonchev–Trinajstić information content (AvgIpc) is 3.14. The molecule has 0 unspecified atom stereocenters. The molecular weight excluding hydrogens is 376 g/mol. The molecule has 4 rings (SSSR count). The van der Waals surface area contributed by atoms with Gasteiger partial charge in [0, 0.05) is 23.3 Å². The Morgan fingerprint density at radius 1 is 1.00 bits per heavy atom. The van der Waals surface area contributed by atoms with Crippen molar-refractivity contribution in [3.63, 3.8) is 0 Å². The van der Waals surface area contributed by atoms with Gasteiger partial charge in [-0.2, -0.15) is 0 Å². The number of hydrogen-bond donors (Lipinski definition) is 1. The van der Waals surface area contributed by atoms with Gasteiger partial charge in [0.05, 0.1) is 0 Å². The lowest BCUT2D eigenvalue weighted by Gasteiger charge is -2.26. The molecule has 1 aliphatic rings. The van der Waals surface area contributed by atoms with Crippen LogP contribution in [0.25, 0.3) is 10.8 Å². The third-order valence-corrected chi connectivity index (χ3v) is 5.24. The Bertz CT molecular complexity index is 1110. The zero-order valence-electron chi connectivity index (χ0n) is 17.6. The number of carbonyl (C=O) groups is 2. The quantitative estimate of drug-likeness (QED) is 0.682. The van der Waals surface area contributed by atoms with Crippen LogP contribution in [0.2, 0.25) is 0 Å². The van der Waals surface area contributed by atoms with Gasteiger partial charge in [0.1, 0.15) is 5.75 Å². The predicted octanol–water partition coefficient (Wildman–Crippen LogP) is 4.79. The van der Waals surface area contributed by atoms with Crippen molar-refractivity contribution >= 4 is 34.0 Å². The lowest BCUT2D eigenvalue weighted by atomic mass is 9.94. The number of rotatable bonds is 4. The van der Waals surface area contributed by atoms with E-state index in [4.69, 9.17) is 4.74 Å². The highest BCUT2D eigenvalue weighted by Crippen LogP contribution is 2.34. The topological polar surface area (TPSA) is 58.6 Å². The minimum Gasteiger partial charge on any atom is -0.484 e. The molecule has 2 amide bonds. The van der Waals surface area contributed by atoms with E-state index >= 15 is 0 Å². The zero-order valence-corrected chi connectivity index (χ0v) is 17.6. The monoisotopic (exact) mass is 402 g/mol. The first-order valence-corrected chi connectivity index (χ1v) is 10.2. The van der Waals surface area contributed by atoms with E-state index in [1.54, 1.807) is 0 Å². The number of fused-ring (bicyclic) bond motifs is 2. The molecule has 0 aliphatic carbocycles. The number of anilines is 2. The van der Waals surface area contributed by atoms with E-state index in [0.29, 0.717) is 18.0 Å². The van der Waals surface area contributed by atoms with Crippen LogP contribution in [0.3, 0.4) is 0 Å². The van der Waals surface area contributed by atoms with E-state index in [2.05, 4.69) is 5.32 Å². The Morgan fingerprint density at radius 3 is 2.53 bits per heavy atom. The number of ether oxygens (including phenoxy) is 1. The second-order valence-electron chi connectivity index (χ2n) is 8.65. The van der Waals surface area contributed by atoms with Gasteiger partial charge in [0.2, 0.25) is 5.91 Å². The number of nitrogens with zero attached hydrogens (tertiary/aromatic N) is 1. The van der Waals surface area contributed by atoms with Crippen molar-refractivity contribution in [2.45, 2.75) is 27.2 Å². The third kappa shape index (κ3) is 4.15. The van der Waals surface area contributed by atoms with Gasteiger partial charge in [0.15, 0.2) is 6.61 Å². The SMILES string of the molecule is CC(C)(C)C(=O)N1CCc2ccc(NC(=O)COc3ccc4ccccc4c3)cc21. The standard InChI is InChI=1S/C25H26N2O3/c1-25(2,3)24(29)27-13-12-18-8-10-20(15-22(18)27)26-23(28)16-30-21-11-9-17-6-4-5-7-19(17)14-21/h4-11,14-15H,12-13,16H2,1-3H3,(H,26,28). The van der Waals surface area contributed by atoms with Crippen LogP contribution in [0.4, 0.5) is 11.4 Å². The van der Waals surface area contributed by atoms with Crippen LogP contribution in [0.5, 0.6) is 5.75 Å². The first-order chi connectivity index (χ1) is 14.3. The van der Waals surface area contributed by atoms with Crippen LogP contribution in [-0.2, 0) is 16.0 Å². The maximum absolute atomic E-state index is 12.7. The third-order valence-electron chi connectivity index (χ3n) is 5.24. The fourth-order valence-electron chi connectivity index (χ4n) is 3.68. The number of nitrogens with one attached hydrogen (secondary N) is 1. The van der Waals surface area contributed by atoms with Crippen molar-refractivity contribution in [1.29, 1.82) is 0 Å². The normalized spacial score (nSPS) is 13.2. The average molecular weight is 402 g/mol. The van der Waals surface area contributed by atoms with Crippen LogP contribution in [0.1, 0.15) is 26.3 Å². The lowest BCUT2D eigenvalue weighted by molar-refractivity contribution is -0.125. The van der Waals surface area contributed by atoms with Crippen molar-refractivity contribution in [2.24, 2.45) is 5.41 Å². The predicted molar refractivity (Wildman–Crippen MR) is 120 cm³/mol. The molecule has 154 valence electrons. The van der Waals surface area contributed by atoms with E-state index in [1.165, 1.54) is 0 Å². The molecule has 0 radical (unpaired) electrons. The van der Waals surface area contributed by atoms with Gasteiger partial charge >= 0.3 is 0 Å². The molecule has 0 bridgehead atoms. The summed E-state index contributed by atoms with van der Waals surface area (Å²) in [5.41, 5.74) is 2.21. The molecule has 0 saturated heterocycles. The first kappa shape index (κ1) is 20.0. The molecule has 1 aliphatic heterocycles. The largest absolute Gasteiger partial charge is 0.484 e.